The van der Waals surface area contributed by atoms with Gasteiger partial charge in [-0.2, -0.15) is 0 Å². The fourth-order valence-electron chi connectivity index (χ4n) is 2.68. The van der Waals surface area contributed by atoms with Crippen LogP contribution < -0.4 is 10.0 Å². The molecule has 0 spiro atoms. The van der Waals surface area contributed by atoms with Crippen molar-refractivity contribution in [2.24, 2.45) is 0 Å². The molecule has 150 valence electrons. The summed E-state index contributed by atoms with van der Waals surface area (Å²) in [5, 5.41) is 13.1. The fourth-order valence-corrected chi connectivity index (χ4v) is 3.24. The maximum Gasteiger partial charge on any atom is 0.229 e. The lowest BCUT2D eigenvalue weighted by atomic mass is 9.85. The lowest BCUT2D eigenvalue weighted by Crippen LogP contribution is -2.17. The predicted octanol–water partition coefficient (Wildman–Crippen LogP) is 3.05. The second-order valence-electron chi connectivity index (χ2n) is 7.63. The minimum absolute atomic E-state index is 0.0226. The third kappa shape index (κ3) is 5.82. The van der Waals surface area contributed by atoms with Gasteiger partial charge in [0.15, 0.2) is 0 Å². The van der Waals surface area contributed by atoms with Gasteiger partial charge in [-0.05, 0) is 35.2 Å². The quantitative estimate of drug-likeness (QED) is 0.506. The van der Waals surface area contributed by atoms with Crippen LogP contribution in [0.1, 0.15) is 42.3 Å². The molecule has 2 aromatic carbocycles. The number of nitrogens with one attached hydrogen (secondary N) is 2. The van der Waals surface area contributed by atoms with Crippen LogP contribution in [0.25, 0.3) is 0 Å². The summed E-state index contributed by atoms with van der Waals surface area (Å²) >= 11 is 0. The van der Waals surface area contributed by atoms with E-state index in [0.717, 1.165) is 6.26 Å². The molecule has 0 bridgehead atoms. The maximum absolute atomic E-state index is 12.4. The van der Waals surface area contributed by atoms with E-state index < -0.39 is 15.4 Å². The smallest absolute Gasteiger partial charge is 0.229 e. The van der Waals surface area contributed by atoms with E-state index in [1.54, 1.807) is 30.3 Å². The monoisotopic (exact) mass is 404 g/mol. The van der Waals surface area contributed by atoms with Crippen LogP contribution in [-0.4, -0.2) is 32.0 Å². The first-order chi connectivity index (χ1) is 12.9. The van der Waals surface area contributed by atoms with Crippen LogP contribution in [0.2, 0.25) is 0 Å². The molecule has 0 aromatic heterocycles. The number of rotatable bonds is 6. The Labute approximate surface area is 164 Å². The van der Waals surface area contributed by atoms with Crippen molar-refractivity contribution < 1.29 is 23.1 Å². The molecule has 2 aromatic rings. The summed E-state index contributed by atoms with van der Waals surface area (Å²) in [5.41, 5.74) is 1.74. The Morgan fingerprint density at radius 3 is 2.25 bits per heavy atom. The van der Waals surface area contributed by atoms with Crippen molar-refractivity contribution in [1.29, 1.82) is 0 Å². The number of aromatic hydroxyl groups is 1. The molecule has 8 heteroatoms. The number of hydrogen-bond donors (Lipinski definition) is 3. The second kappa shape index (κ2) is 8.02. The van der Waals surface area contributed by atoms with E-state index in [2.05, 4.69) is 10.0 Å². The number of benzene rings is 2. The fraction of sp³-hybridized carbons (Fsp3) is 0.300. The number of sulfonamides is 1. The number of hydrogen-bond acceptors (Lipinski definition) is 5. The number of carbonyl (C=O) groups excluding carboxylic acids is 2. The maximum atomic E-state index is 12.4. The minimum Gasteiger partial charge on any atom is -0.505 e. The molecule has 0 saturated heterocycles. The molecule has 0 unspecified atom stereocenters. The first-order valence-electron chi connectivity index (χ1n) is 8.58. The average molecular weight is 404 g/mol. The van der Waals surface area contributed by atoms with Crippen molar-refractivity contribution in [2.75, 3.05) is 16.3 Å². The highest BCUT2D eigenvalue weighted by Crippen LogP contribution is 2.37. The zero-order valence-electron chi connectivity index (χ0n) is 16.2. The molecular formula is C20H24N2O5S. The van der Waals surface area contributed by atoms with Gasteiger partial charge in [0.2, 0.25) is 15.9 Å². The molecule has 0 saturated carbocycles. The third-order valence-corrected chi connectivity index (χ3v) is 4.58. The van der Waals surface area contributed by atoms with Crippen LogP contribution in [0.5, 0.6) is 5.75 Å². The summed E-state index contributed by atoms with van der Waals surface area (Å²) in [6, 6.07) is 9.42. The van der Waals surface area contributed by atoms with Crippen molar-refractivity contribution in [3.63, 3.8) is 0 Å². The van der Waals surface area contributed by atoms with Crippen LogP contribution in [-0.2, 0) is 26.7 Å². The van der Waals surface area contributed by atoms with Gasteiger partial charge in [-0.1, -0.05) is 32.9 Å². The second-order valence-corrected chi connectivity index (χ2v) is 9.38. The highest BCUT2D eigenvalue weighted by Gasteiger charge is 2.22. The lowest BCUT2D eigenvalue weighted by molar-refractivity contribution is -0.115. The van der Waals surface area contributed by atoms with Crippen molar-refractivity contribution in [1.82, 2.24) is 0 Å². The molecule has 0 aliphatic carbocycles. The molecule has 0 fully saturated rings. The van der Waals surface area contributed by atoms with Gasteiger partial charge in [0.1, 0.15) is 12.0 Å². The Balaban J connectivity index is 2.18. The highest BCUT2D eigenvalue weighted by atomic mass is 32.2. The van der Waals surface area contributed by atoms with Crippen molar-refractivity contribution in [3.05, 3.63) is 53.1 Å². The number of aldehydes is 1. The molecular weight excluding hydrogens is 380 g/mol. The topological polar surface area (TPSA) is 113 Å². The van der Waals surface area contributed by atoms with Crippen LogP contribution in [0.4, 0.5) is 11.4 Å². The minimum atomic E-state index is -3.37. The van der Waals surface area contributed by atoms with Gasteiger partial charge < -0.3 is 10.4 Å². The molecule has 0 atom stereocenters. The summed E-state index contributed by atoms with van der Waals surface area (Å²) in [5.74, 6) is -0.443. The van der Waals surface area contributed by atoms with Crippen molar-refractivity contribution >= 4 is 33.6 Å². The molecule has 7 nitrogen and oxygen atoms in total. The Morgan fingerprint density at radius 1 is 1.14 bits per heavy atom. The first-order valence-corrected chi connectivity index (χ1v) is 10.5. The van der Waals surface area contributed by atoms with Crippen LogP contribution >= 0.6 is 0 Å². The summed E-state index contributed by atoms with van der Waals surface area (Å²) in [6.45, 7) is 5.69. The van der Waals surface area contributed by atoms with Gasteiger partial charge in [-0.25, -0.2) is 8.42 Å². The number of amides is 1. The van der Waals surface area contributed by atoms with Gasteiger partial charge >= 0.3 is 0 Å². The number of carbonyl (C=O) groups is 2. The van der Waals surface area contributed by atoms with E-state index in [-0.39, 0.29) is 23.8 Å². The SMILES string of the molecule is CC(C)(C)c1cc(C=O)cc(NC(=O)Cc2ccc(NS(C)(=O)=O)cc2)c1O. The van der Waals surface area contributed by atoms with Gasteiger partial charge in [-0.3, -0.25) is 14.3 Å². The van der Waals surface area contributed by atoms with Crippen LogP contribution in [0.15, 0.2) is 36.4 Å². The zero-order chi connectivity index (χ0) is 21.1. The van der Waals surface area contributed by atoms with Gasteiger partial charge in [0, 0.05) is 16.8 Å². The molecule has 2 rings (SSSR count). The molecule has 0 aliphatic heterocycles. The Hall–Kier alpha value is -2.87. The van der Waals surface area contributed by atoms with E-state index >= 15 is 0 Å². The van der Waals surface area contributed by atoms with E-state index in [1.165, 1.54) is 6.07 Å². The molecule has 0 heterocycles. The molecule has 3 N–H and O–H groups in total. The van der Waals surface area contributed by atoms with Crippen LogP contribution in [0, 0.1) is 0 Å². The van der Waals surface area contributed by atoms with Crippen molar-refractivity contribution in [3.8, 4) is 5.75 Å². The highest BCUT2D eigenvalue weighted by molar-refractivity contribution is 7.92. The van der Waals surface area contributed by atoms with E-state index in [9.17, 15) is 23.1 Å². The Bertz CT molecular complexity index is 990. The first kappa shape index (κ1) is 21.4. The van der Waals surface area contributed by atoms with Gasteiger partial charge in [0.25, 0.3) is 0 Å². The standard InChI is InChI=1S/C20H24N2O5S/c1-20(2,3)16-9-14(12-23)10-17(19(16)25)21-18(24)11-13-5-7-15(8-6-13)22-28(4,26)27/h5-10,12,22,25H,11H2,1-4H3,(H,21,24). The summed E-state index contributed by atoms with van der Waals surface area (Å²) < 4.78 is 24.8. The number of phenols is 1. The summed E-state index contributed by atoms with van der Waals surface area (Å²) in [6.07, 6.45) is 1.74. The molecule has 0 radical (unpaired) electrons. The molecule has 28 heavy (non-hydrogen) atoms. The Morgan fingerprint density at radius 2 is 1.75 bits per heavy atom. The van der Waals surface area contributed by atoms with Crippen molar-refractivity contribution in [2.45, 2.75) is 32.6 Å². The van der Waals surface area contributed by atoms with Gasteiger partial charge in [0.05, 0.1) is 18.4 Å². The molecule has 0 aliphatic rings. The zero-order valence-corrected chi connectivity index (χ0v) is 17.1. The van der Waals surface area contributed by atoms with E-state index in [0.29, 0.717) is 28.7 Å². The summed E-state index contributed by atoms with van der Waals surface area (Å²) in [4.78, 5) is 23.6. The summed E-state index contributed by atoms with van der Waals surface area (Å²) in [7, 11) is -3.37. The third-order valence-electron chi connectivity index (χ3n) is 3.97. The number of phenolic OH excluding ortho intramolecular Hbond substituents is 1. The van der Waals surface area contributed by atoms with E-state index in [4.69, 9.17) is 0 Å². The lowest BCUT2D eigenvalue weighted by Gasteiger charge is -2.22. The predicted molar refractivity (Wildman–Crippen MR) is 109 cm³/mol. The van der Waals surface area contributed by atoms with Crippen LogP contribution in [0.3, 0.4) is 0 Å². The Kier molecular flexibility index (Phi) is 6.14. The molecule has 1 amide bonds. The van der Waals surface area contributed by atoms with Gasteiger partial charge in [-0.15, -0.1) is 0 Å². The average Bonchev–Trinajstić information content (AvgIpc) is 2.56. The largest absolute Gasteiger partial charge is 0.505 e. The normalized spacial score (nSPS) is 11.7. The van der Waals surface area contributed by atoms with E-state index in [1.807, 2.05) is 20.8 Å². The number of anilines is 2.